The summed E-state index contributed by atoms with van der Waals surface area (Å²) in [6, 6.07) is 6.73. The van der Waals surface area contributed by atoms with Gasteiger partial charge in [0, 0.05) is 31.4 Å². The Hall–Kier alpha value is -0.970. The van der Waals surface area contributed by atoms with Crippen molar-refractivity contribution in [2.24, 2.45) is 0 Å². The van der Waals surface area contributed by atoms with E-state index in [1.165, 1.54) is 0 Å². The minimum atomic E-state index is 0.184. The van der Waals surface area contributed by atoms with E-state index in [0.717, 1.165) is 31.7 Å². The maximum absolute atomic E-state index is 9.28. The first-order valence-electron chi connectivity index (χ1n) is 6.28. The molecule has 0 aliphatic carbocycles. The van der Waals surface area contributed by atoms with Gasteiger partial charge in [-0.25, -0.2) is 0 Å². The third-order valence-electron chi connectivity index (χ3n) is 3.38. The van der Waals surface area contributed by atoms with E-state index in [2.05, 4.69) is 28.2 Å². The number of nitrogens with zero attached hydrogens (tertiary/aromatic N) is 2. The number of nitrogens with one attached hydrogen (secondary N) is 1. The molecule has 0 bridgehead atoms. The summed E-state index contributed by atoms with van der Waals surface area (Å²) in [5, 5.41) is 12.6. The van der Waals surface area contributed by atoms with Crippen molar-refractivity contribution in [3.8, 4) is 0 Å². The van der Waals surface area contributed by atoms with Crippen molar-refractivity contribution >= 4 is 0 Å². The van der Waals surface area contributed by atoms with Crippen LogP contribution in [0.25, 0.3) is 0 Å². The summed E-state index contributed by atoms with van der Waals surface area (Å²) < 4.78 is 0. The molecular weight excluding hydrogens is 214 g/mol. The SMILES string of the molecule is CC1CCNC(CO)CN1Cc1ccccn1. The molecule has 2 atom stereocenters. The lowest BCUT2D eigenvalue weighted by Gasteiger charge is -2.28. The first-order valence-corrected chi connectivity index (χ1v) is 6.28. The molecule has 2 unspecified atom stereocenters. The second-order valence-corrected chi connectivity index (χ2v) is 4.72. The lowest BCUT2D eigenvalue weighted by Crippen LogP contribution is -2.41. The lowest BCUT2D eigenvalue weighted by molar-refractivity contribution is 0.164. The third-order valence-corrected chi connectivity index (χ3v) is 3.38. The van der Waals surface area contributed by atoms with Gasteiger partial charge in [0.15, 0.2) is 0 Å². The number of hydrogen-bond donors (Lipinski definition) is 2. The van der Waals surface area contributed by atoms with Crippen molar-refractivity contribution in [1.82, 2.24) is 15.2 Å². The predicted molar refractivity (Wildman–Crippen MR) is 67.6 cm³/mol. The first kappa shape index (κ1) is 12.5. The highest BCUT2D eigenvalue weighted by Crippen LogP contribution is 2.12. The highest BCUT2D eigenvalue weighted by atomic mass is 16.3. The summed E-state index contributed by atoms with van der Waals surface area (Å²) >= 11 is 0. The van der Waals surface area contributed by atoms with Gasteiger partial charge in [-0.15, -0.1) is 0 Å². The monoisotopic (exact) mass is 235 g/mol. The van der Waals surface area contributed by atoms with Crippen molar-refractivity contribution in [3.63, 3.8) is 0 Å². The Kier molecular flexibility index (Phi) is 4.48. The second kappa shape index (κ2) is 6.10. The van der Waals surface area contributed by atoms with E-state index in [-0.39, 0.29) is 12.6 Å². The van der Waals surface area contributed by atoms with Gasteiger partial charge in [0.25, 0.3) is 0 Å². The van der Waals surface area contributed by atoms with Crippen molar-refractivity contribution in [1.29, 1.82) is 0 Å². The molecule has 0 radical (unpaired) electrons. The summed E-state index contributed by atoms with van der Waals surface area (Å²) in [7, 11) is 0. The van der Waals surface area contributed by atoms with Crippen LogP contribution < -0.4 is 5.32 Å². The minimum Gasteiger partial charge on any atom is -0.395 e. The molecule has 0 spiro atoms. The number of aliphatic hydroxyl groups excluding tert-OH is 1. The Labute approximate surface area is 103 Å². The minimum absolute atomic E-state index is 0.184. The normalized spacial score (nSPS) is 26.7. The average molecular weight is 235 g/mol. The van der Waals surface area contributed by atoms with Crippen LogP contribution in [-0.4, -0.2) is 46.8 Å². The van der Waals surface area contributed by atoms with Crippen LogP contribution >= 0.6 is 0 Å². The predicted octanol–water partition coefficient (Wildman–Crippen LogP) is 0.626. The largest absolute Gasteiger partial charge is 0.395 e. The summed E-state index contributed by atoms with van der Waals surface area (Å²) in [5.74, 6) is 0. The maximum atomic E-state index is 9.28. The molecule has 2 heterocycles. The van der Waals surface area contributed by atoms with Crippen LogP contribution in [0.2, 0.25) is 0 Å². The molecule has 4 nitrogen and oxygen atoms in total. The lowest BCUT2D eigenvalue weighted by atomic mass is 10.2. The molecule has 1 aromatic heterocycles. The Morgan fingerprint density at radius 3 is 3.12 bits per heavy atom. The molecule has 2 rings (SSSR count). The van der Waals surface area contributed by atoms with Crippen molar-refractivity contribution in [2.45, 2.75) is 32.0 Å². The van der Waals surface area contributed by atoms with Gasteiger partial charge in [-0.2, -0.15) is 0 Å². The molecule has 0 aromatic carbocycles. The molecule has 4 heteroatoms. The quantitative estimate of drug-likeness (QED) is 0.806. The molecule has 1 aliphatic heterocycles. The highest BCUT2D eigenvalue weighted by molar-refractivity contribution is 5.03. The van der Waals surface area contributed by atoms with Crippen LogP contribution in [-0.2, 0) is 6.54 Å². The van der Waals surface area contributed by atoms with E-state index < -0.39 is 0 Å². The van der Waals surface area contributed by atoms with Gasteiger partial charge in [-0.3, -0.25) is 9.88 Å². The van der Waals surface area contributed by atoms with Crippen molar-refractivity contribution < 1.29 is 5.11 Å². The molecule has 0 saturated carbocycles. The summed E-state index contributed by atoms with van der Waals surface area (Å²) in [4.78, 5) is 6.76. The fraction of sp³-hybridized carbons (Fsp3) is 0.615. The number of rotatable bonds is 3. The van der Waals surface area contributed by atoms with E-state index in [1.807, 2.05) is 18.3 Å². The van der Waals surface area contributed by atoms with Crippen LogP contribution in [0.4, 0.5) is 0 Å². The van der Waals surface area contributed by atoms with Crippen LogP contribution in [0.3, 0.4) is 0 Å². The molecule has 2 N–H and O–H groups in total. The number of pyridine rings is 1. The number of aromatic nitrogens is 1. The summed E-state index contributed by atoms with van der Waals surface area (Å²) in [5.41, 5.74) is 1.10. The van der Waals surface area contributed by atoms with E-state index in [1.54, 1.807) is 0 Å². The molecule has 94 valence electrons. The molecule has 1 aromatic rings. The Morgan fingerprint density at radius 2 is 2.41 bits per heavy atom. The van der Waals surface area contributed by atoms with Crippen molar-refractivity contribution in [3.05, 3.63) is 30.1 Å². The fourth-order valence-corrected chi connectivity index (χ4v) is 2.25. The maximum Gasteiger partial charge on any atom is 0.0597 e. The van der Waals surface area contributed by atoms with E-state index in [0.29, 0.717) is 6.04 Å². The molecule has 1 saturated heterocycles. The van der Waals surface area contributed by atoms with Crippen LogP contribution in [0.1, 0.15) is 19.0 Å². The molecule has 1 aliphatic rings. The van der Waals surface area contributed by atoms with Gasteiger partial charge in [0.1, 0.15) is 0 Å². The van der Waals surface area contributed by atoms with Crippen molar-refractivity contribution in [2.75, 3.05) is 19.7 Å². The summed E-state index contributed by atoms with van der Waals surface area (Å²) in [6.07, 6.45) is 2.95. The fourth-order valence-electron chi connectivity index (χ4n) is 2.25. The zero-order valence-corrected chi connectivity index (χ0v) is 10.3. The number of aliphatic hydroxyl groups is 1. The van der Waals surface area contributed by atoms with Gasteiger partial charge in [-0.1, -0.05) is 6.07 Å². The highest BCUT2D eigenvalue weighted by Gasteiger charge is 2.22. The van der Waals surface area contributed by atoms with Crippen LogP contribution in [0, 0.1) is 0 Å². The standard InChI is InChI=1S/C13H21N3O/c1-11-5-7-15-13(10-17)9-16(11)8-12-4-2-3-6-14-12/h2-4,6,11,13,15,17H,5,7-10H2,1H3. The topological polar surface area (TPSA) is 48.4 Å². The van der Waals surface area contributed by atoms with Gasteiger partial charge >= 0.3 is 0 Å². The Balaban J connectivity index is 2.01. The van der Waals surface area contributed by atoms with Gasteiger partial charge in [0.2, 0.25) is 0 Å². The Bertz CT molecular complexity index is 331. The Morgan fingerprint density at radius 1 is 1.53 bits per heavy atom. The zero-order valence-electron chi connectivity index (χ0n) is 10.3. The van der Waals surface area contributed by atoms with Gasteiger partial charge in [0.05, 0.1) is 12.3 Å². The molecule has 0 amide bonds. The summed E-state index contributed by atoms with van der Waals surface area (Å²) in [6.45, 7) is 5.16. The van der Waals surface area contributed by atoms with E-state index in [4.69, 9.17) is 0 Å². The van der Waals surface area contributed by atoms with Crippen LogP contribution in [0.15, 0.2) is 24.4 Å². The first-order chi connectivity index (χ1) is 8.29. The average Bonchev–Trinajstić information content (AvgIpc) is 2.53. The molecule has 17 heavy (non-hydrogen) atoms. The van der Waals surface area contributed by atoms with Gasteiger partial charge in [-0.05, 0) is 32.0 Å². The third kappa shape index (κ3) is 3.49. The van der Waals surface area contributed by atoms with Gasteiger partial charge < -0.3 is 10.4 Å². The van der Waals surface area contributed by atoms with E-state index >= 15 is 0 Å². The van der Waals surface area contributed by atoms with E-state index in [9.17, 15) is 5.11 Å². The zero-order chi connectivity index (χ0) is 12.1. The smallest absolute Gasteiger partial charge is 0.0597 e. The molecule has 1 fully saturated rings. The van der Waals surface area contributed by atoms with Crippen LogP contribution in [0.5, 0.6) is 0 Å². The molecular formula is C13H21N3O. The second-order valence-electron chi connectivity index (χ2n) is 4.72. The number of hydrogen-bond acceptors (Lipinski definition) is 4.